The van der Waals surface area contributed by atoms with Crippen LogP contribution in [0.4, 0.5) is 10.2 Å². The SMILES string of the molecule is COc1cccc(Cl)c1CNC(=O)c1ccnc(N)c1F. The Balaban J connectivity index is 2.17. The molecule has 0 radical (unpaired) electrons. The van der Waals surface area contributed by atoms with Gasteiger partial charge in [-0.1, -0.05) is 17.7 Å². The topological polar surface area (TPSA) is 77.2 Å². The summed E-state index contributed by atoms with van der Waals surface area (Å²) in [5, 5.41) is 3.02. The van der Waals surface area contributed by atoms with E-state index >= 15 is 0 Å². The fraction of sp³-hybridized carbons (Fsp3) is 0.143. The number of amides is 1. The Morgan fingerprint density at radius 2 is 2.24 bits per heavy atom. The molecular weight excluding hydrogens is 297 g/mol. The Hall–Kier alpha value is -2.34. The second-order valence-electron chi connectivity index (χ2n) is 4.16. The Morgan fingerprint density at radius 1 is 1.48 bits per heavy atom. The van der Waals surface area contributed by atoms with Crippen LogP contribution in [0.3, 0.4) is 0 Å². The van der Waals surface area contributed by atoms with Gasteiger partial charge in [0.05, 0.1) is 12.7 Å². The predicted molar refractivity (Wildman–Crippen MR) is 77.8 cm³/mol. The highest BCUT2D eigenvalue weighted by atomic mass is 35.5. The molecule has 0 saturated carbocycles. The van der Waals surface area contributed by atoms with E-state index in [1.807, 2.05) is 0 Å². The van der Waals surface area contributed by atoms with Crippen molar-refractivity contribution in [3.63, 3.8) is 0 Å². The van der Waals surface area contributed by atoms with Gasteiger partial charge in [0.15, 0.2) is 11.6 Å². The van der Waals surface area contributed by atoms with Gasteiger partial charge in [0.25, 0.3) is 5.91 Å². The Labute approximate surface area is 125 Å². The quantitative estimate of drug-likeness (QED) is 0.909. The number of nitrogens with zero attached hydrogens (tertiary/aromatic N) is 1. The van der Waals surface area contributed by atoms with Gasteiger partial charge in [-0.25, -0.2) is 9.37 Å². The summed E-state index contributed by atoms with van der Waals surface area (Å²) in [7, 11) is 1.50. The van der Waals surface area contributed by atoms with Gasteiger partial charge in [0.1, 0.15) is 5.75 Å². The molecule has 0 aliphatic carbocycles. The van der Waals surface area contributed by atoms with Crippen molar-refractivity contribution in [2.24, 2.45) is 0 Å². The average molecular weight is 310 g/mol. The third-order valence-corrected chi connectivity index (χ3v) is 3.24. The molecule has 1 heterocycles. The number of ether oxygens (including phenoxy) is 1. The molecule has 2 rings (SSSR count). The molecule has 0 atom stereocenters. The Morgan fingerprint density at radius 3 is 2.95 bits per heavy atom. The molecule has 0 spiro atoms. The molecule has 3 N–H and O–H groups in total. The van der Waals surface area contributed by atoms with Gasteiger partial charge in [0.2, 0.25) is 0 Å². The van der Waals surface area contributed by atoms with Crippen molar-refractivity contribution in [2.45, 2.75) is 6.54 Å². The first-order valence-corrected chi connectivity index (χ1v) is 6.42. The van der Waals surface area contributed by atoms with Crippen LogP contribution < -0.4 is 15.8 Å². The molecule has 0 fully saturated rings. The minimum absolute atomic E-state index is 0.101. The van der Waals surface area contributed by atoms with Crippen molar-refractivity contribution in [3.8, 4) is 5.75 Å². The van der Waals surface area contributed by atoms with Crippen molar-refractivity contribution in [3.05, 3.63) is 52.4 Å². The van der Waals surface area contributed by atoms with Gasteiger partial charge in [-0.05, 0) is 18.2 Å². The maximum absolute atomic E-state index is 13.7. The number of hydrogen-bond acceptors (Lipinski definition) is 4. The third kappa shape index (κ3) is 3.22. The van der Waals surface area contributed by atoms with E-state index in [1.54, 1.807) is 18.2 Å². The van der Waals surface area contributed by atoms with Gasteiger partial charge >= 0.3 is 0 Å². The number of halogens is 2. The van der Waals surface area contributed by atoms with Gasteiger partial charge in [0, 0.05) is 23.3 Å². The molecule has 110 valence electrons. The number of pyridine rings is 1. The largest absolute Gasteiger partial charge is 0.496 e. The summed E-state index contributed by atoms with van der Waals surface area (Å²) in [6, 6.07) is 6.38. The zero-order valence-corrected chi connectivity index (χ0v) is 11.9. The van der Waals surface area contributed by atoms with Gasteiger partial charge in [-0.3, -0.25) is 4.79 Å². The lowest BCUT2D eigenvalue weighted by Crippen LogP contribution is -2.24. The van der Waals surface area contributed by atoms with Crippen molar-refractivity contribution in [1.29, 1.82) is 0 Å². The molecule has 0 bridgehead atoms. The summed E-state index contributed by atoms with van der Waals surface area (Å²) < 4.78 is 18.9. The maximum atomic E-state index is 13.7. The molecule has 0 aliphatic rings. The minimum Gasteiger partial charge on any atom is -0.496 e. The van der Waals surface area contributed by atoms with Gasteiger partial charge in [-0.2, -0.15) is 0 Å². The number of carbonyl (C=O) groups is 1. The lowest BCUT2D eigenvalue weighted by molar-refractivity contribution is 0.0946. The molecule has 7 heteroatoms. The van der Waals surface area contributed by atoms with E-state index in [1.165, 1.54) is 19.4 Å². The number of nitrogens with one attached hydrogen (secondary N) is 1. The normalized spacial score (nSPS) is 10.2. The molecule has 1 aromatic heterocycles. The van der Waals surface area contributed by atoms with E-state index < -0.39 is 11.7 Å². The van der Waals surface area contributed by atoms with E-state index in [2.05, 4.69) is 10.3 Å². The number of hydrogen-bond donors (Lipinski definition) is 2. The predicted octanol–water partition coefficient (Wildman–Crippen LogP) is 2.39. The standard InChI is InChI=1S/C14H13ClFN3O2/c1-21-11-4-2-3-10(15)9(11)7-19-14(20)8-5-6-18-13(17)12(8)16/h2-6H,7H2,1H3,(H2,17,18)(H,19,20). The number of nitrogen functional groups attached to an aromatic ring is 1. The number of benzene rings is 1. The summed E-state index contributed by atoms with van der Waals surface area (Å²) in [5.41, 5.74) is 5.76. The first-order chi connectivity index (χ1) is 10.0. The number of rotatable bonds is 4. The number of aromatic nitrogens is 1. The smallest absolute Gasteiger partial charge is 0.254 e. The summed E-state index contributed by atoms with van der Waals surface area (Å²) >= 11 is 6.06. The van der Waals surface area contributed by atoms with E-state index in [-0.39, 0.29) is 17.9 Å². The van der Waals surface area contributed by atoms with Gasteiger partial charge < -0.3 is 15.8 Å². The molecule has 0 aliphatic heterocycles. The van der Waals surface area contributed by atoms with Crippen molar-refractivity contribution < 1.29 is 13.9 Å². The average Bonchev–Trinajstić information content (AvgIpc) is 2.48. The van der Waals surface area contributed by atoms with Crippen LogP contribution in [-0.2, 0) is 6.54 Å². The molecule has 1 amide bonds. The van der Waals surface area contributed by atoms with E-state index in [0.717, 1.165) is 0 Å². The molecule has 2 aromatic rings. The van der Waals surface area contributed by atoms with Crippen molar-refractivity contribution in [2.75, 3.05) is 12.8 Å². The summed E-state index contributed by atoms with van der Waals surface area (Å²) in [5.74, 6) is -1.24. The van der Waals surface area contributed by atoms with Gasteiger partial charge in [-0.15, -0.1) is 0 Å². The van der Waals surface area contributed by atoms with Crippen LogP contribution in [0.25, 0.3) is 0 Å². The first kappa shape index (κ1) is 15.1. The third-order valence-electron chi connectivity index (χ3n) is 2.88. The fourth-order valence-corrected chi connectivity index (χ4v) is 2.03. The second-order valence-corrected chi connectivity index (χ2v) is 4.57. The summed E-state index contributed by atoms with van der Waals surface area (Å²) in [6.45, 7) is 0.101. The number of carbonyl (C=O) groups excluding carboxylic acids is 1. The monoisotopic (exact) mass is 309 g/mol. The van der Waals surface area contributed by atoms with E-state index in [9.17, 15) is 9.18 Å². The molecule has 0 saturated heterocycles. The van der Waals surface area contributed by atoms with Crippen LogP contribution in [-0.4, -0.2) is 18.0 Å². The Bertz CT molecular complexity index is 679. The Kier molecular flexibility index (Phi) is 4.59. The lowest BCUT2D eigenvalue weighted by atomic mass is 10.2. The van der Waals surface area contributed by atoms with E-state index in [0.29, 0.717) is 16.3 Å². The minimum atomic E-state index is -0.846. The number of anilines is 1. The zero-order chi connectivity index (χ0) is 15.4. The lowest BCUT2D eigenvalue weighted by Gasteiger charge is -2.12. The van der Waals surface area contributed by atoms with Crippen LogP contribution in [0, 0.1) is 5.82 Å². The van der Waals surface area contributed by atoms with Crippen LogP contribution in [0.15, 0.2) is 30.5 Å². The van der Waals surface area contributed by atoms with Crippen LogP contribution in [0.2, 0.25) is 5.02 Å². The molecule has 21 heavy (non-hydrogen) atoms. The molecule has 0 unspecified atom stereocenters. The maximum Gasteiger partial charge on any atom is 0.254 e. The number of nitrogens with two attached hydrogens (primary N) is 1. The van der Waals surface area contributed by atoms with Crippen LogP contribution in [0.5, 0.6) is 5.75 Å². The second kappa shape index (κ2) is 6.41. The summed E-state index contributed by atoms with van der Waals surface area (Å²) in [6.07, 6.45) is 1.27. The van der Waals surface area contributed by atoms with Crippen LogP contribution >= 0.6 is 11.6 Å². The fourth-order valence-electron chi connectivity index (χ4n) is 1.80. The molecule has 5 nitrogen and oxygen atoms in total. The molecule has 1 aromatic carbocycles. The highest BCUT2D eigenvalue weighted by Crippen LogP contribution is 2.26. The van der Waals surface area contributed by atoms with Crippen LogP contribution in [0.1, 0.15) is 15.9 Å². The first-order valence-electron chi connectivity index (χ1n) is 6.04. The highest BCUT2D eigenvalue weighted by molar-refractivity contribution is 6.31. The van der Waals surface area contributed by atoms with Crippen molar-refractivity contribution in [1.82, 2.24) is 10.3 Å². The van der Waals surface area contributed by atoms with Crippen molar-refractivity contribution >= 4 is 23.3 Å². The summed E-state index contributed by atoms with van der Waals surface area (Å²) in [4.78, 5) is 15.5. The number of methoxy groups -OCH3 is 1. The highest BCUT2D eigenvalue weighted by Gasteiger charge is 2.15. The van der Waals surface area contributed by atoms with E-state index in [4.69, 9.17) is 22.1 Å². The molecular formula is C14H13ClFN3O2. The zero-order valence-electron chi connectivity index (χ0n) is 11.2.